The molecule has 0 bridgehead atoms. The number of methoxy groups -OCH3 is 2. The summed E-state index contributed by atoms with van der Waals surface area (Å²) in [5.41, 5.74) is 9.56. The molecule has 0 radical (unpaired) electrons. The molecule has 6 aliphatic heterocycles. The molecule has 1 aromatic heterocycles. The van der Waals surface area contributed by atoms with Crippen molar-refractivity contribution in [1.82, 2.24) is 14.4 Å². The van der Waals surface area contributed by atoms with E-state index in [1.54, 1.807) is 5.56 Å². The number of hydrogen-bond donors (Lipinski definition) is 1. The van der Waals surface area contributed by atoms with Crippen molar-refractivity contribution in [2.75, 3.05) is 45.7 Å². The van der Waals surface area contributed by atoms with Crippen LogP contribution in [-0.4, -0.2) is 66.8 Å². The summed E-state index contributed by atoms with van der Waals surface area (Å²) in [6.45, 7) is 8.80. The minimum absolute atomic E-state index is 0.0483. The molecule has 7 nitrogen and oxygen atoms in total. The fourth-order valence-electron chi connectivity index (χ4n) is 12.0. The van der Waals surface area contributed by atoms with Crippen LogP contribution in [0.1, 0.15) is 80.4 Å². The zero-order valence-corrected chi connectivity index (χ0v) is 28.6. The normalized spacial score (nSPS) is 34.0. The molecule has 3 aromatic rings. The maximum absolute atomic E-state index is 13.6. The lowest BCUT2D eigenvalue weighted by Gasteiger charge is -2.55. The second-order valence-electron chi connectivity index (χ2n) is 15.5. The number of hydrogen-bond acceptors (Lipinski definition) is 6. The number of anilines is 1. The van der Waals surface area contributed by atoms with Crippen LogP contribution < -0.4 is 10.1 Å². The van der Waals surface area contributed by atoms with E-state index in [1.807, 2.05) is 7.11 Å². The zero-order chi connectivity index (χ0) is 32.6. The molecule has 0 saturated carbocycles. The Balaban J connectivity index is 1.24. The van der Waals surface area contributed by atoms with Crippen molar-refractivity contribution >= 4 is 22.6 Å². The van der Waals surface area contributed by atoms with Gasteiger partial charge in [0.25, 0.3) is 0 Å². The first-order chi connectivity index (χ1) is 23.4. The van der Waals surface area contributed by atoms with Crippen LogP contribution >= 0.6 is 0 Å². The summed E-state index contributed by atoms with van der Waals surface area (Å²) in [7, 11) is 3.35. The van der Waals surface area contributed by atoms with Gasteiger partial charge in [0.2, 0.25) is 0 Å². The Labute approximate surface area is 283 Å². The van der Waals surface area contributed by atoms with E-state index in [0.717, 1.165) is 81.0 Å². The van der Waals surface area contributed by atoms with E-state index in [9.17, 15) is 4.79 Å². The summed E-state index contributed by atoms with van der Waals surface area (Å²) in [5.74, 6) is 0.716. The lowest BCUT2D eigenvalue weighted by molar-refractivity contribution is -0.137. The van der Waals surface area contributed by atoms with Gasteiger partial charge in [-0.25, -0.2) is 4.79 Å². The van der Waals surface area contributed by atoms with Crippen molar-refractivity contribution in [3.63, 3.8) is 0 Å². The fraction of sp³-hybridized carbons (Fsp3) is 0.488. The highest BCUT2D eigenvalue weighted by molar-refractivity contribution is 5.93. The molecule has 0 amide bonds. The standard InChI is InChI=1S/C41H46N4O3/c1-5-39-14-9-17-43-19-13-26-25-11-7-8-12-31(25)45(34(26)36(39)43)32(24-39)27-21-29-30(22-33(27)47-3)42-35-28(37(46)48-4)23-40(6-2)15-10-18-44-20-16-41(29,35)38(40)44/h7-12,14-15,21-22,32,36,38,42H,5-6,13,16-20,23-24H2,1-4H3/t32-,36-,38-,39-,40-,41-/m0/s1. The maximum Gasteiger partial charge on any atom is 0.335 e. The smallest absolute Gasteiger partial charge is 0.335 e. The molecule has 1 saturated heterocycles. The number of aromatic nitrogens is 1. The van der Waals surface area contributed by atoms with Gasteiger partial charge in [0, 0.05) is 82.7 Å². The number of carbonyl (C=O) groups is 1. The van der Waals surface area contributed by atoms with Crippen molar-refractivity contribution in [2.45, 2.75) is 75.9 Å². The highest BCUT2D eigenvalue weighted by Gasteiger charge is 2.66. The first-order valence-electron chi connectivity index (χ1n) is 18.2. The van der Waals surface area contributed by atoms with Gasteiger partial charge in [-0.05, 0) is 61.8 Å². The van der Waals surface area contributed by atoms with Gasteiger partial charge in [-0.1, -0.05) is 56.4 Å². The topological polar surface area (TPSA) is 59.0 Å². The van der Waals surface area contributed by atoms with Crippen molar-refractivity contribution in [3.05, 3.63) is 94.4 Å². The number of nitrogens with one attached hydrogen (secondary N) is 1. The first kappa shape index (κ1) is 29.1. The number of esters is 1. The van der Waals surface area contributed by atoms with Crippen molar-refractivity contribution in [1.29, 1.82) is 0 Å². The van der Waals surface area contributed by atoms with Crippen LogP contribution in [0, 0.1) is 10.8 Å². The summed E-state index contributed by atoms with van der Waals surface area (Å²) in [4.78, 5) is 19.0. The Kier molecular flexibility index (Phi) is 6.00. The first-order valence-corrected chi connectivity index (χ1v) is 18.2. The monoisotopic (exact) mass is 642 g/mol. The Morgan fingerprint density at radius 1 is 1.00 bits per heavy atom. The minimum atomic E-state index is -0.307. The molecule has 7 heterocycles. The molecule has 6 atom stereocenters. The van der Waals surface area contributed by atoms with E-state index in [-0.39, 0.29) is 34.3 Å². The molecule has 1 aliphatic carbocycles. The lowest BCUT2D eigenvalue weighted by Crippen LogP contribution is -2.58. The fourth-order valence-corrected chi connectivity index (χ4v) is 12.0. The third kappa shape index (κ3) is 3.35. The van der Waals surface area contributed by atoms with E-state index in [0.29, 0.717) is 12.5 Å². The largest absolute Gasteiger partial charge is 0.496 e. The molecular formula is C41H46N4O3. The van der Waals surface area contributed by atoms with Gasteiger partial charge in [-0.15, -0.1) is 0 Å². The highest BCUT2D eigenvalue weighted by atomic mass is 16.5. The van der Waals surface area contributed by atoms with Crippen LogP contribution in [0.15, 0.2) is 72.0 Å². The van der Waals surface area contributed by atoms with Crippen LogP contribution in [0.3, 0.4) is 0 Å². The number of nitrogens with zero attached hydrogens (tertiary/aromatic N) is 3. The Bertz CT molecular complexity index is 2010. The minimum Gasteiger partial charge on any atom is -0.496 e. The summed E-state index contributed by atoms with van der Waals surface area (Å²) >= 11 is 0. The van der Waals surface area contributed by atoms with Crippen LogP contribution in [0.4, 0.5) is 5.69 Å². The van der Waals surface area contributed by atoms with Gasteiger partial charge in [-0.3, -0.25) is 9.80 Å². The van der Waals surface area contributed by atoms with Gasteiger partial charge in [0.05, 0.1) is 37.3 Å². The number of benzene rings is 2. The molecule has 1 spiro atoms. The highest BCUT2D eigenvalue weighted by Crippen LogP contribution is 2.66. The third-order valence-electron chi connectivity index (χ3n) is 14.0. The molecule has 48 heavy (non-hydrogen) atoms. The Morgan fingerprint density at radius 2 is 1.79 bits per heavy atom. The van der Waals surface area contributed by atoms with E-state index < -0.39 is 0 Å². The van der Waals surface area contributed by atoms with Gasteiger partial charge < -0.3 is 19.4 Å². The molecule has 1 fully saturated rings. The average molecular weight is 643 g/mol. The van der Waals surface area contributed by atoms with Crippen LogP contribution in [-0.2, 0) is 21.4 Å². The predicted octanol–water partition coefficient (Wildman–Crippen LogP) is 7.04. The Hall–Kier alpha value is -3.81. The van der Waals surface area contributed by atoms with Gasteiger partial charge in [0.1, 0.15) is 5.75 Å². The SMILES string of the molecule is CC[C@]12C=CCN3CCc4c(n(c5ccccc45)[C@H](c4cc5c(cc4OC)NC4=C(C(=O)OC)C[C@]6(CC)C=CCN7CC[C@@]45[C@@H]76)C1)[C@H]32. The molecule has 1 N–H and O–H groups in total. The molecule has 2 aromatic carbocycles. The summed E-state index contributed by atoms with van der Waals surface area (Å²) < 4.78 is 14.6. The molecular weight excluding hydrogens is 596 g/mol. The lowest BCUT2D eigenvalue weighted by atomic mass is 9.55. The predicted molar refractivity (Wildman–Crippen MR) is 188 cm³/mol. The molecule has 0 unspecified atom stereocenters. The number of ether oxygens (including phenoxy) is 2. The van der Waals surface area contributed by atoms with Gasteiger partial charge >= 0.3 is 5.97 Å². The number of carbonyl (C=O) groups excluding carboxylic acids is 1. The number of fused-ring (bicyclic) bond motifs is 4. The van der Waals surface area contributed by atoms with Gasteiger partial charge in [-0.2, -0.15) is 0 Å². The number of rotatable bonds is 5. The second kappa shape index (κ2) is 9.88. The summed E-state index contributed by atoms with van der Waals surface area (Å²) in [6, 6.07) is 14.7. The van der Waals surface area contributed by atoms with Crippen molar-refractivity contribution in [2.24, 2.45) is 10.8 Å². The summed E-state index contributed by atoms with van der Waals surface area (Å²) in [6.07, 6.45) is 15.6. The van der Waals surface area contributed by atoms with E-state index in [2.05, 4.69) is 94.2 Å². The Morgan fingerprint density at radius 3 is 2.58 bits per heavy atom. The van der Waals surface area contributed by atoms with Crippen molar-refractivity contribution < 1.29 is 14.3 Å². The quantitative estimate of drug-likeness (QED) is 0.238. The van der Waals surface area contributed by atoms with E-state index in [1.165, 1.54) is 34.8 Å². The summed E-state index contributed by atoms with van der Waals surface area (Å²) in [5, 5.41) is 5.26. The van der Waals surface area contributed by atoms with Crippen LogP contribution in [0.5, 0.6) is 5.75 Å². The van der Waals surface area contributed by atoms with E-state index in [4.69, 9.17) is 9.47 Å². The van der Waals surface area contributed by atoms with E-state index >= 15 is 0 Å². The maximum atomic E-state index is 13.6. The molecule has 248 valence electrons. The molecule has 7 heteroatoms. The zero-order valence-electron chi connectivity index (χ0n) is 28.6. The third-order valence-corrected chi connectivity index (χ3v) is 14.0. The van der Waals surface area contributed by atoms with Crippen molar-refractivity contribution in [3.8, 4) is 5.75 Å². The van der Waals surface area contributed by atoms with Crippen LogP contribution in [0.25, 0.3) is 10.9 Å². The average Bonchev–Trinajstić information content (AvgIpc) is 3.80. The molecule has 10 rings (SSSR count). The van der Waals surface area contributed by atoms with Gasteiger partial charge in [0.15, 0.2) is 0 Å². The molecule has 7 aliphatic rings. The number of para-hydroxylation sites is 1. The van der Waals surface area contributed by atoms with Crippen LogP contribution in [0.2, 0.25) is 0 Å². The second-order valence-corrected chi connectivity index (χ2v) is 15.5.